The quantitative estimate of drug-likeness (QED) is 0.382. The van der Waals surface area contributed by atoms with Crippen molar-refractivity contribution in [1.29, 1.82) is 0 Å². The van der Waals surface area contributed by atoms with Gasteiger partial charge in [0.2, 0.25) is 0 Å². The van der Waals surface area contributed by atoms with E-state index in [1.807, 2.05) is 23.5 Å². The number of halogens is 1. The maximum atomic E-state index is 5.99. The summed E-state index contributed by atoms with van der Waals surface area (Å²) in [4.78, 5) is 0. The lowest BCUT2D eigenvalue weighted by Crippen LogP contribution is -1.78. The molecule has 0 saturated carbocycles. The minimum absolute atomic E-state index is 0.774. The Bertz CT molecular complexity index is 904. The molecule has 0 spiro atoms. The minimum Gasteiger partial charge on any atom is -0.135 e. The third-order valence-electron chi connectivity index (χ3n) is 3.56. The van der Waals surface area contributed by atoms with E-state index in [2.05, 4.69) is 54.6 Å². The van der Waals surface area contributed by atoms with E-state index in [-0.39, 0.29) is 0 Å². The average molecular weight is 295 g/mol. The molecule has 1 aromatic heterocycles. The first-order valence-corrected chi connectivity index (χ1v) is 7.68. The molecule has 0 atom stereocenters. The predicted octanol–water partition coefficient (Wildman–Crippen LogP) is 6.37. The Balaban J connectivity index is 2.11. The van der Waals surface area contributed by atoms with E-state index in [1.54, 1.807) is 0 Å². The van der Waals surface area contributed by atoms with Crippen molar-refractivity contribution in [3.05, 3.63) is 71.8 Å². The predicted molar refractivity (Wildman–Crippen MR) is 89.8 cm³/mol. The standard InChI is InChI=1S/C18H11ClS/c19-13-10-8-12(9-11-13)14-5-3-7-17-18(14)15-4-1-2-6-16(15)20-17/h1-11H. The minimum atomic E-state index is 0.774. The van der Waals surface area contributed by atoms with Crippen LogP contribution in [-0.2, 0) is 0 Å². The summed E-state index contributed by atoms with van der Waals surface area (Å²) in [5.41, 5.74) is 2.49. The second-order valence-corrected chi connectivity index (χ2v) is 6.30. The van der Waals surface area contributed by atoms with Gasteiger partial charge in [-0.15, -0.1) is 11.3 Å². The smallest absolute Gasteiger partial charge is 0.0406 e. The van der Waals surface area contributed by atoms with Gasteiger partial charge in [0, 0.05) is 25.2 Å². The lowest BCUT2D eigenvalue weighted by Gasteiger charge is -2.04. The van der Waals surface area contributed by atoms with Gasteiger partial charge in [0.15, 0.2) is 0 Å². The van der Waals surface area contributed by atoms with Crippen molar-refractivity contribution in [3.8, 4) is 11.1 Å². The molecule has 1 heterocycles. The van der Waals surface area contributed by atoms with Gasteiger partial charge in [0.25, 0.3) is 0 Å². The molecular formula is C18H11ClS. The Morgan fingerprint density at radius 1 is 0.700 bits per heavy atom. The first-order valence-electron chi connectivity index (χ1n) is 6.49. The molecule has 96 valence electrons. The van der Waals surface area contributed by atoms with Crippen LogP contribution in [0.25, 0.3) is 31.3 Å². The lowest BCUT2D eigenvalue weighted by atomic mass is 10.00. The fourth-order valence-electron chi connectivity index (χ4n) is 2.64. The molecule has 0 aliphatic carbocycles. The van der Waals surface area contributed by atoms with E-state index < -0.39 is 0 Å². The van der Waals surface area contributed by atoms with Crippen molar-refractivity contribution in [2.75, 3.05) is 0 Å². The number of benzene rings is 3. The summed E-state index contributed by atoms with van der Waals surface area (Å²) in [5.74, 6) is 0. The van der Waals surface area contributed by atoms with E-state index >= 15 is 0 Å². The third-order valence-corrected chi connectivity index (χ3v) is 4.95. The second kappa shape index (κ2) is 4.62. The Morgan fingerprint density at radius 3 is 2.30 bits per heavy atom. The van der Waals surface area contributed by atoms with Crippen LogP contribution in [0.1, 0.15) is 0 Å². The highest BCUT2D eigenvalue weighted by Crippen LogP contribution is 2.39. The SMILES string of the molecule is Clc1ccc(-c2cccc3sc4ccccc4c23)cc1. The van der Waals surface area contributed by atoms with Crippen LogP contribution in [0.2, 0.25) is 5.02 Å². The van der Waals surface area contributed by atoms with Crippen LogP contribution >= 0.6 is 22.9 Å². The molecule has 0 N–H and O–H groups in total. The van der Waals surface area contributed by atoms with Gasteiger partial charge in [0.1, 0.15) is 0 Å². The van der Waals surface area contributed by atoms with Crippen LogP contribution in [0.15, 0.2) is 66.7 Å². The van der Waals surface area contributed by atoms with Crippen molar-refractivity contribution < 1.29 is 0 Å². The van der Waals surface area contributed by atoms with Gasteiger partial charge in [-0.25, -0.2) is 0 Å². The zero-order valence-electron chi connectivity index (χ0n) is 10.6. The molecule has 0 unspecified atom stereocenters. The molecular weight excluding hydrogens is 284 g/mol. The molecule has 4 aromatic rings. The van der Waals surface area contributed by atoms with Gasteiger partial charge in [0.05, 0.1) is 0 Å². The van der Waals surface area contributed by atoms with Gasteiger partial charge in [-0.2, -0.15) is 0 Å². The molecule has 4 rings (SSSR count). The number of hydrogen-bond donors (Lipinski definition) is 0. The lowest BCUT2D eigenvalue weighted by molar-refractivity contribution is 1.67. The highest BCUT2D eigenvalue weighted by atomic mass is 35.5. The van der Waals surface area contributed by atoms with Gasteiger partial charge in [-0.3, -0.25) is 0 Å². The van der Waals surface area contributed by atoms with E-state index in [0.29, 0.717) is 0 Å². The normalized spacial score (nSPS) is 11.2. The molecule has 0 fully saturated rings. The summed E-state index contributed by atoms with van der Waals surface area (Å²) in [5, 5.41) is 3.45. The molecule has 0 bridgehead atoms. The Hall–Kier alpha value is -1.83. The van der Waals surface area contributed by atoms with Crippen LogP contribution < -0.4 is 0 Å². The Labute approximate surface area is 126 Å². The van der Waals surface area contributed by atoms with Crippen molar-refractivity contribution in [2.24, 2.45) is 0 Å². The van der Waals surface area contributed by atoms with Gasteiger partial charge >= 0.3 is 0 Å². The zero-order valence-corrected chi connectivity index (χ0v) is 12.2. The number of hydrogen-bond acceptors (Lipinski definition) is 1. The molecule has 0 radical (unpaired) electrons. The molecule has 0 aliphatic heterocycles. The Kier molecular flexibility index (Phi) is 2.76. The molecule has 0 saturated heterocycles. The second-order valence-electron chi connectivity index (χ2n) is 4.78. The van der Waals surface area contributed by atoms with Crippen molar-refractivity contribution >= 4 is 43.1 Å². The van der Waals surface area contributed by atoms with Crippen LogP contribution in [0.4, 0.5) is 0 Å². The molecule has 2 heteroatoms. The molecule has 0 nitrogen and oxygen atoms in total. The van der Waals surface area contributed by atoms with Gasteiger partial charge < -0.3 is 0 Å². The monoisotopic (exact) mass is 294 g/mol. The zero-order chi connectivity index (χ0) is 13.5. The van der Waals surface area contributed by atoms with Crippen LogP contribution in [0.5, 0.6) is 0 Å². The van der Waals surface area contributed by atoms with Crippen LogP contribution in [-0.4, -0.2) is 0 Å². The van der Waals surface area contributed by atoms with Crippen LogP contribution in [0, 0.1) is 0 Å². The summed E-state index contributed by atoms with van der Waals surface area (Å²) >= 11 is 7.84. The molecule has 0 aliphatic rings. The first kappa shape index (κ1) is 12.0. The van der Waals surface area contributed by atoms with Gasteiger partial charge in [-0.1, -0.05) is 54.1 Å². The van der Waals surface area contributed by atoms with E-state index in [1.165, 1.54) is 31.3 Å². The fraction of sp³-hybridized carbons (Fsp3) is 0. The molecule has 3 aromatic carbocycles. The summed E-state index contributed by atoms with van der Waals surface area (Å²) < 4.78 is 2.67. The third kappa shape index (κ3) is 1.82. The largest absolute Gasteiger partial charge is 0.135 e. The highest BCUT2D eigenvalue weighted by molar-refractivity contribution is 7.25. The maximum absolute atomic E-state index is 5.99. The summed E-state index contributed by atoms with van der Waals surface area (Å²) in [6.07, 6.45) is 0. The number of thiophene rings is 1. The van der Waals surface area contributed by atoms with Crippen molar-refractivity contribution in [1.82, 2.24) is 0 Å². The summed E-state index contributed by atoms with van der Waals surface area (Å²) in [7, 11) is 0. The maximum Gasteiger partial charge on any atom is 0.0406 e. The Morgan fingerprint density at radius 2 is 1.45 bits per heavy atom. The van der Waals surface area contributed by atoms with E-state index in [0.717, 1.165) is 5.02 Å². The molecule has 20 heavy (non-hydrogen) atoms. The summed E-state index contributed by atoms with van der Waals surface area (Å²) in [6, 6.07) is 23.2. The van der Waals surface area contributed by atoms with Crippen molar-refractivity contribution in [2.45, 2.75) is 0 Å². The topological polar surface area (TPSA) is 0 Å². The first-order chi connectivity index (χ1) is 9.83. The van der Waals surface area contributed by atoms with E-state index in [4.69, 9.17) is 11.6 Å². The van der Waals surface area contributed by atoms with E-state index in [9.17, 15) is 0 Å². The number of fused-ring (bicyclic) bond motifs is 3. The fourth-order valence-corrected chi connectivity index (χ4v) is 3.90. The van der Waals surface area contributed by atoms with Crippen molar-refractivity contribution in [3.63, 3.8) is 0 Å². The van der Waals surface area contributed by atoms with Crippen LogP contribution in [0.3, 0.4) is 0 Å². The average Bonchev–Trinajstić information content (AvgIpc) is 2.86. The number of rotatable bonds is 1. The highest BCUT2D eigenvalue weighted by Gasteiger charge is 2.09. The molecule has 0 amide bonds. The summed E-state index contributed by atoms with van der Waals surface area (Å²) in [6.45, 7) is 0. The van der Waals surface area contributed by atoms with Gasteiger partial charge in [-0.05, 0) is 35.4 Å².